The number of hydrogen-bond donors (Lipinski definition) is 0. The van der Waals surface area contributed by atoms with E-state index in [1.807, 2.05) is 35.0 Å². The third-order valence-corrected chi connectivity index (χ3v) is 6.86. The zero-order chi connectivity index (χ0) is 18.6. The number of amides is 1. The number of piperidine rings is 1. The van der Waals surface area contributed by atoms with Crippen molar-refractivity contribution in [1.29, 1.82) is 0 Å². The van der Waals surface area contributed by atoms with Gasteiger partial charge in [-0.3, -0.25) is 9.36 Å². The van der Waals surface area contributed by atoms with Crippen molar-refractivity contribution in [2.45, 2.75) is 37.3 Å². The van der Waals surface area contributed by atoms with Gasteiger partial charge in [0.2, 0.25) is 5.91 Å². The molecule has 2 atom stereocenters. The Kier molecular flexibility index (Phi) is 5.72. The minimum Gasteiger partial charge on any atom is -0.497 e. The summed E-state index contributed by atoms with van der Waals surface area (Å²) >= 11 is 1.51. The second-order valence-corrected chi connectivity index (χ2v) is 8.45. The van der Waals surface area contributed by atoms with Crippen LogP contribution in [0, 0.1) is 11.8 Å². The average Bonchev–Trinajstić information content (AvgIpc) is 3.20. The largest absolute Gasteiger partial charge is 0.497 e. The van der Waals surface area contributed by atoms with Gasteiger partial charge in [-0.1, -0.05) is 37.1 Å². The van der Waals surface area contributed by atoms with E-state index in [1.165, 1.54) is 43.9 Å². The normalized spacial score (nSPS) is 22.3. The number of rotatable bonds is 5. The van der Waals surface area contributed by atoms with Crippen molar-refractivity contribution in [3.63, 3.8) is 0 Å². The van der Waals surface area contributed by atoms with Crippen molar-refractivity contribution in [2.75, 3.05) is 26.0 Å². The minimum atomic E-state index is 0.240. The highest BCUT2D eigenvalue weighted by Crippen LogP contribution is 2.36. The van der Waals surface area contributed by atoms with Crippen LogP contribution in [0.3, 0.4) is 0 Å². The van der Waals surface area contributed by atoms with Gasteiger partial charge in [-0.15, -0.1) is 0 Å². The second-order valence-electron chi connectivity index (χ2n) is 7.50. The predicted molar refractivity (Wildman–Crippen MR) is 107 cm³/mol. The molecule has 1 amide bonds. The number of aromatic nitrogens is 2. The number of imidazole rings is 1. The maximum absolute atomic E-state index is 12.8. The number of thioether (sulfide) groups is 1. The van der Waals surface area contributed by atoms with Crippen LogP contribution >= 0.6 is 11.8 Å². The Balaban J connectivity index is 1.38. The fraction of sp³-hybridized carbons (Fsp3) is 0.524. The third kappa shape index (κ3) is 4.15. The number of hydrogen-bond acceptors (Lipinski definition) is 4. The fourth-order valence-corrected chi connectivity index (χ4v) is 5.27. The zero-order valence-electron chi connectivity index (χ0n) is 15.8. The molecule has 1 saturated carbocycles. The first-order chi connectivity index (χ1) is 13.2. The molecule has 27 heavy (non-hydrogen) atoms. The molecule has 0 N–H and O–H groups in total. The van der Waals surface area contributed by atoms with Crippen molar-refractivity contribution >= 4 is 17.7 Å². The van der Waals surface area contributed by atoms with Crippen molar-refractivity contribution in [3.05, 3.63) is 36.7 Å². The number of ether oxygens (including phenoxy) is 1. The zero-order valence-corrected chi connectivity index (χ0v) is 16.7. The molecule has 0 unspecified atom stereocenters. The minimum absolute atomic E-state index is 0.240. The van der Waals surface area contributed by atoms with Gasteiger partial charge >= 0.3 is 0 Å². The number of benzene rings is 1. The molecule has 6 heteroatoms. The van der Waals surface area contributed by atoms with Gasteiger partial charge in [-0.05, 0) is 36.8 Å². The van der Waals surface area contributed by atoms with E-state index in [1.54, 1.807) is 13.3 Å². The Morgan fingerprint density at radius 1 is 1.26 bits per heavy atom. The number of methoxy groups -OCH3 is 1. The van der Waals surface area contributed by atoms with Gasteiger partial charge in [0.15, 0.2) is 5.16 Å². The van der Waals surface area contributed by atoms with E-state index in [-0.39, 0.29) is 5.91 Å². The first kappa shape index (κ1) is 18.4. The third-order valence-electron chi connectivity index (χ3n) is 5.91. The van der Waals surface area contributed by atoms with Crippen molar-refractivity contribution < 1.29 is 9.53 Å². The molecule has 144 valence electrons. The molecule has 1 aromatic heterocycles. The van der Waals surface area contributed by atoms with E-state index in [4.69, 9.17) is 4.74 Å². The molecule has 1 aliphatic carbocycles. The van der Waals surface area contributed by atoms with Gasteiger partial charge in [0.1, 0.15) is 5.75 Å². The van der Waals surface area contributed by atoms with Crippen LogP contribution < -0.4 is 4.74 Å². The summed E-state index contributed by atoms with van der Waals surface area (Å²) in [5.74, 6) is 3.06. The molecule has 0 spiro atoms. The van der Waals surface area contributed by atoms with Gasteiger partial charge in [0.25, 0.3) is 0 Å². The summed E-state index contributed by atoms with van der Waals surface area (Å²) in [4.78, 5) is 19.3. The molecule has 5 nitrogen and oxygen atoms in total. The molecule has 0 bridgehead atoms. The van der Waals surface area contributed by atoms with Crippen LogP contribution in [0.25, 0.3) is 5.69 Å². The van der Waals surface area contributed by atoms with Crippen LogP contribution in [-0.4, -0.2) is 46.3 Å². The number of carbonyl (C=O) groups excluding carboxylic acids is 1. The Morgan fingerprint density at radius 3 is 2.96 bits per heavy atom. The number of fused-ring (bicyclic) bond motifs is 1. The first-order valence-corrected chi connectivity index (χ1v) is 10.8. The maximum atomic E-state index is 12.8. The van der Waals surface area contributed by atoms with E-state index < -0.39 is 0 Å². The molecular formula is C21H27N3O2S. The first-order valence-electron chi connectivity index (χ1n) is 9.83. The van der Waals surface area contributed by atoms with E-state index in [9.17, 15) is 4.79 Å². The Hall–Kier alpha value is -1.95. The molecule has 2 aliphatic rings. The van der Waals surface area contributed by atoms with Crippen LogP contribution in [-0.2, 0) is 4.79 Å². The maximum Gasteiger partial charge on any atom is 0.233 e. The van der Waals surface area contributed by atoms with Gasteiger partial charge in [-0.2, -0.15) is 0 Å². The van der Waals surface area contributed by atoms with E-state index in [2.05, 4.69) is 9.88 Å². The van der Waals surface area contributed by atoms with Gasteiger partial charge < -0.3 is 9.64 Å². The molecule has 2 fully saturated rings. The highest BCUT2D eigenvalue weighted by atomic mass is 32.2. The highest BCUT2D eigenvalue weighted by molar-refractivity contribution is 7.99. The van der Waals surface area contributed by atoms with Gasteiger partial charge in [-0.25, -0.2) is 4.98 Å². The highest BCUT2D eigenvalue weighted by Gasteiger charge is 2.32. The lowest BCUT2D eigenvalue weighted by Gasteiger charge is -2.41. The summed E-state index contributed by atoms with van der Waals surface area (Å²) in [6, 6.07) is 7.87. The average molecular weight is 386 g/mol. The molecule has 2 heterocycles. The molecule has 1 saturated heterocycles. The van der Waals surface area contributed by atoms with E-state index >= 15 is 0 Å². The standard InChI is InChI=1S/C21H27N3O2S/c1-26-19-8-4-7-18(13-19)24-12-10-22-21(24)27-15-20(25)23-11-9-16-5-2-3-6-17(16)14-23/h4,7-8,10,12-13,16-17H,2-3,5-6,9,11,14-15H2,1H3/t16-,17-/m1/s1. The molecule has 2 aromatic rings. The lowest BCUT2D eigenvalue weighted by Crippen LogP contribution is -2.45. The molecule has 0 radical (unpaired) electrons. The summed E-state index contributed by atoms with van der Waals surface area (Å²) in [5.41, 5.74) is 0.991. The van der Waals surface area contributed by atoms with E-state index in [0.29, 0.717) is 5.75 Å². The summed E-state index contributed by atoms with van der Waals surface area (Å²) in [6.45, 7) is 1.87. The number of nitrogens with zero attached hydrogens (tertiary/aromatic N) is 3. The van der Waals surface area contributed by atoms with Gasteiger partial charge in [0.05, 0.1) is 18.6 Å². The SMILES string of the molecule is COc1cccc(-n2ccnc2SCC(=O)N2CC[C@H]3CCCC[C@@H]3C2)c1. The molecule has 1 aliphatic heterocycles. The number of carbonyl (C=O) groups is 1. The monoisotopic (exact) mass is 385 g/mol. The topological polar surface area (TPSA) is 47.4 Å². The Labute approximate surface area is 165 Å². The van der Waals surface area contributed by atoms with Crippen LogP contribution in [0.5, 0.6) is 5.75 Å². The summed E-state index contributed by atoms with van der Waals surface area (Å²) in [7, 11) is 1.66. The van der Waals surface area contributed by atoms with Crippen LogP contribution in [0.1, 0.15) is 32.1 Å². The lowest BCUT2D eigenvalue weighted by molar-refractivity contribution is -0.131. The Bertz CT molecular complexity index is 791. The quantitative estimate of drug-likeness (QED) is 0.730. The fourth-order valence-electron chi connectivity index (χ4n) is 4.40. The molecule has 4 rings (SSSR count). The Morgan fingerprint density at radius 2 is 2.11 bits per heavy atom. The summed E-state index contributed by atoms with van der Waals surface area (Å²) in [5, 5.41) is 0.837. The molecular weight excluding hydrogens is 358 g/mol. The second kappa shape index (κ2) is 8.38. The number of likely N-dealkylation sites (tertiary alicyclic amines) is 1. The smallest absolute Gasteiger partial charge is 0.233 e. The van der Waals surface area contributed by atoms with Crippen LogP contribution in [0.2, 0.25) is 0 Å². The summed E-state index contributed by atoms with van der Waals surface area (Å²) in [6.07, 6.45) is 10.2. The van der Waals surface area contributed by atoms with Crippen molar-refractivity contribution in [2.24, 2.45) is 11.8 Å². The van der Waals surface area contributed by atoms with Crippen molar-refractivity contribution in [3.8, 4) is 11.4 Å². The van der Waals surface area contributed by atoms with E-state index in [0.717, 1.165) is 41.5 Å². The van der Waals surface area contributed by atoms with Gasteiger partial charge in [0, 0.05) is 31.5 Å². The van der Waals surface area contributed by atoms with Crippen LogP contribution in [0.15, 0.2) is 41.8 Å². The predicted octanol–water partition coefficient (Wildman–Crippen LogP) is 4.01. The summed E-state index contributed by atoms with van der Waals surface area (Å²) < 4.78 is 7.32. The van der Waals surface area contributed by atoms with Crippen LogP contribution in [0.4, 0.5) is 0 Å². The van der Waals surface area contributed by atoms with Crippen molar-refractivity contribution in [1.82, 2.24) is 14.5 Å². The molecule has 1 aromatic carbocycles. The lowest BCUT2D eigenvalue weighted by atomic mass is 9.75.